The van der Waals surface area contributed by atoms with Gasteiger partial charge in [0.25, 0.3) is 0 Å². The van der Waals surface area contributed by atoms with E-state index in [1.807, 2.05) is 26.0 Å². The summed E-state index contributed by atoms with van der Waals surface area (Å²) in [5, 5.41) is 0.470. The van der Waals surface area contributed by atoms with Crippen molar-refractivity contribution in [3.63, 3.8) is 0 Å². The lowest BCUT2D eigenvalue weighted by atomic mass is 10.3. The molecule has 0 N–H and O–H groups in total. The number of rotatable bonds is 2. The zero-order valence-electron chi connectivity index (χ0n) is 8.92. The van der Waals surface area contributed by atoms with Crippen molar-refractivity contribution in [2.24, 2.45) is 0 Å². The van der Waals surface area contributed by atoms with Gasteiger partial charge in [-0.15, -0.1) is 0 Å². The van der Waals surface area contributed by atoms with Gasteiger partial charge in [0.15, 0.2) is 11.6 Å². The van der Waals surface area contributed by atoms with Gasteiger partial charge in [-0.1, -0.05) is 18.5 Å². The average Bonchev–Trinajstić information content (AvgIpc) is 2.73. The van der Waals surface area contributed by atoms with Crippen molar-refractivity contribution >= 4 is 34.2 Å². The van der Waals surface area contributed by atoms with Crippen LogP contribution in [0.1, 0.15) is 18.4 Å². The lowest BCUT2D eigenvalue weighted by Crippen LogP contribution is -1.95. The van der Waals surface area contributed by atoms with Gasteiger partial charge in [-0.25, -0.2) is 9.97 Å². The van der Waals surface area contributed by atoms with E-state index in [0.29, 0.717) is 16.7 Å². The van der Waals surface area contributed by atoms with Crippen molar-refractivity contribution in [2.45, 2.75) is 20.3 Å². The van der Waals surface area contributed by atoms with Crippen LogP contribution in [0.15, 0.2) is 16.5 Å². The Balaban J connectivity index is 2.48. The molecule has 0 aliphatic carbocycles. The highest BCUT2D eigenvalue weighted by Crippen LogP contribution is 2.24. The lowest BCUT2D eigenvalue weighted by Gasteiger charge is -2.02. The number of aromatic nitrogens is 2. The molecule has 5 heteroatoms. The van der Waals surface area contributed by atoms with Crippen LogP contribution in [0.3, 0.4) is 0 Å². The molecule has 0 spiro atoms. The summed E-state index contributed by atoms with van der Waals surface area (Å²) in [6, 6.07) is 3.80. The van der Waals surface area contributed by atoms with E-state index < -0.39 is 0 Å². The van der Waals surface area contributed by atoms with Crippen molar-refractivity contribution < 1.29 is 4.42 Å². The Morgan fingerprint density at radius 3 is 2.69 bits per heavy atom. The van der Waals surface area contributed by atoms with E-state index in [0.717, 1.165) is 21.4 Å². The van der Waals surface area contributed by atoms with Crippen LogP contribution in [0.25, 0.3) is 11.6 Å². The fraction of sp³-hybridized carbons (Fsp3) is 0.273. The smallest absolute Gasteiger partial charge is 0.197 e. The number of hydrogen-bond acceptors (Lipinski definition) is 3. The summed E-state index contributed by atoms with van der Waals surface area (Å²) in [5.74, 6) is 2.13. The van der Waals surface area contributed by atoms with Crippen molar-refractivity contribution in [1.82, 2.24) is 9.97 Å². The van der Waals surface area contributed by atoms with E-state index in [1.54, 1.807) is 0 Å². The Morgan fingerprint density at radius 1 is 1.38 bits per heavy atom. The van der Waals surface area contributed by atoms with E-state index in [4.69, 9.17) is 16.0 Å². The first-order valence-corrected chi connectivity index (χ1v) is 6.36. The van der Waals surface area contributed by atoms with Gasteiger partial charge in [0.05, 0.1) is 9.26 Å². The molecule has 0 radical (unpaired) electrons. The minimum absolute atomic E-state index is 0.470. The van der Waals surface area contributed by atoms with E-state index in [1.165, 1.54) is 0 Å². The topological polar surface area (TPSA) is 38.9 Å². The molecule has 2 rings (SSSR count). The van der Waals surface area contributed by atoms with Gasteiger partial charge in [-0.3, -0.25) is 0 Å². The number of nitrogens with zero attached hydrogens (tertiary/aromatic N) is 2. The predicted molar refractivity (Wildman–Crippen MR) is 71.6 cm³/mol. The molecule has 2 aromatic rings. The summed E-state index contributed by atoms with van der Waals surface area (Å²) in [5.41, 5.74) is 0.866. The zero-order chi connectivity index (χ0) is 11.7. The Morgan fingerprint density at radius 2 is 2.12 bits per heavy atom. The van der Waals surface area contributed by atoms with Crippen LogP contribution in [0.5, 0.6) is 0 Å². The van der Waals surface area contributed by atoms with Gasteiger partial charge < -0.3 is 4.42 Å². The number of hydrogen-bond donors (Lipinski definition) is 0. The molecule has 0 aliphatic heterocycles. The first-order valence-electron chi connectivity index (χ1n) is 4.90. The van der Waals surface area contributed by atoms with Crippen molar-refractivity contribution in [2.75, 3.05) is 0 Å². The number of furan rings is 1. The molecule has 0 amide bonds. The molecule has 0 saturated heterocycles. The summed E-state index contributed by atoms with van der Waals surface area (Å²) < 4.78 is 6.46. The second-order valence-electron chi connectivity index (χ2n) is 3.36. The molecular formula is C11H10ClIN2O. The molecule has 84 valence electrons. The Bertz CT molecular complexity index is 501. The van der Waals surface area contributed by atoms with Crippen LogP contribution in [-0.4, -0.2) is 9.97 Å². The number of aryl methyl sites for hydroxylation is 2. The van der Waals surface area contributed by atoms with Gasteiger partial charge in [-0.05, 0) is 41.6 Å². The highest BCUT2D eigenvalue weighted by atomic mass is 127. The maximum Gasteiger partial charge on any atom is 0.197 e. The Hall–Kier alpha value is -0.620. The van der Waals surface area contributed by atoms with E-state index in [2.05, 4.69) is 32.6 Å². The molecule has 16 heavy (non-hydrogen) atoms. The molecule has 0 saturated carbocycles. The van der Waals surface area contributed by atoms with Crippen molar-refractivity contribution in [3.8, 4) is 11.6 Å². The standard InChI is InChI=1S/C11H10ClIN2O/c1-3-7-4-5-8(16-7)11-14-6(2)9(13)10(12)15-11/h4-5H,3H2,1-2H3. The minimum Gasteiger partial charge on any atom is -0.458 e. The quantitative estimate of drug-likeness (QED) is 0.611. The van der Waals surface area contributed by atoms with Gasteiger partial charge in [0, 0.05) is 6.42 Å². The van der Waals surface area contributed by atoms with Crippen LogP contribution in [0.2, 0.25) is 5.15 Å². The Labute approximate surface area is 112 Å². The largest absolute Gasteiger partial charge is 0.458 e. The van der Waals surface area contributed by atoms with Crippen LogP contribution in [-0.2, 0) is 6.42 Å². The molecule has 2 aromatic heterocycles. The van der Waals surface area contributed by atoms with Crippen LogP contribution >= 0.6 is 34.2 Å². The Kier molecular flexibility index (Phi) is 3.49. The summed E-state index contributed by atoms with van der Waals surface area (Å²) >= 11 is 8.14. The maximum absolute atomic E-state index is 6.01. The zero-order valence-corrected chi connectivity index (χ0v) is 11.8. The van der Waals surface area contributed by atoms with E-state index in [-0.39, 0.29) is 0 Å². The van der Waals surface area contributed by atoms with Crippen molar-refractivity contribution in [3.05, 3.63) is 32.3 Å². The summed E-state index contributed by atoms with van der Waals surface area (Å²) in [7, 11) is 0. The molecule has 0 bridgehead atoms. The van der Waals surface area contributed by atoms with Gasteiger partial charge in [0.2, 0.25) is 0 Å². The number of halogens is 2. The highest BCUT2D eigenvalue weighted by Gasteiger charge is 2.11. The molecule has 0 fully saturated rings. The first kappa shape index (κ1) is 11.9. The molecule has 0 unspecified atom stereocenters. The maximum atomic E-state index is 6.01. The fourth-order valence-corrected chi connectivity index (χ4v) is 1.78. The van der Waals surface area contributed by atoms with Gasteiger partial charge in [-0.2, -0.15) is 0 Å². The SMILES string of the molecule is CCc1ccc(-c2nc(C)c(I)c(Cl)n2)o1. The molecule has 0 aliphatic rings. The monoisotopic (exact) mass is 348 g/mol. The molecule has 0 aromatic carbocycles. The third-order valence-electron chi connectivity index (χ3n) is 2.21. The highest BCUT2D eigenvalue weighted by molar-refractivity contribution is 14.1. The lowest BCUT2D eigenvalue weighted by molar-refractivity contribution is 0.525. The minimum atomic E-state index is 0.470. The van der Waals surface area contributed by atoms with Crippen LogP contribution in [0.4, 0.5) is 0 Å². The summed E-state index contributed by atoms with van der Waals surface area (Å²) in [4.78, 5) is 8.56. The summed E-state index contributed by atoms with van der Waals surface area (Å²) in [6.45, 7) is 3.94. The summed E-state index contributed by atoms with van der Waals surface area (Å²) in [6.07, 6.45) is 0.858. The normalized spacial score (nSPS) is 10.8. The second kappa shape index (κ2) is 4.71. The third kappa shape index (κ3) is 2.22. The first-order chi connectivity index (χ1) is 7.61. The van der Waals surface area contributed by atoms with E-state index in [9.17, 15) is 0 Å². The second-order valence-corrected chi connectivity index (χ2v) is 4.79. The van der Waals surface area contributed by atoms with E-state index >= 15 is 0 Å². The van der Waals surface area contributed by atoms with Gasteiger partial charge in [0.1, 0.15) is 10.9 Å². The molecular weight excluding hydrogens is 338 g/mol. The fourth-order valence-electron chi connectivity index (χ4n) is 1.32. The molecule has 2 heterocycles. The van der Waals surface area contributed by atoms with Crippen LogP contribution < -0.4 is 0 Å². The van der Waals surface area contributed by atoms with Crippen LogP contribution in [0, 0.1) is 10.5 Å². The van der Waals surface area contributed by atoms with Crippen molar-refractivity contribution in [1.29, 1.82) is 0 Å². The average molecular weight is 349 g/mol. The molecule has 3 nitrogen and oxygen atoms in total. The third-order valence-corrected chi connectivity index (χ3v) is 4.09. The molecule has 0 atom stereocenters. The van der Waals surface area contributed by atoms with Gasteiger partial charge >= 0.3 is 0 Å². The predicted octanol–water partition coefficient (Wildman–Crippen LogP) is 3.87.